The lowest BCUT2D eigenvalue weighted by atomic mass is 10.0. The summed E-state index contributed by atoms with van der Waals surface area (Å²) < 4.78 is 0. The van der Waals surface area contributed by atoms with Crippen molar-refractivity contribution >= 4 is 5.91 Å². The maximum atomic E-state index is 11.9. The van der Waals surface area contributed by atoms with Gasteiger partial charge in [-0.1, -0.05) is 30.3 Å². The van der Waals surface area contributed by atoms with Gasteiger partial charge in [0.05, 0.1) is 0 Å². The van der Waals surface area contributed by atoms with Crippen molar-refractivity contribution in [2.45, 2.75) is 32.4 Å². The van der Waals surface area contributed by atoms with Crippen molar-refractivity contribution in [1.82, 2.24) is 10.8 Å². The lowest BCUT2D eigenvalue weighted by Crippen LogP contribution is -2.46. The van der Waals surface area contributed by atoms with E-state index in [-0.39, 0.29) is 11.4 Å². The Labute approximate surface area is 95.6 Å². The molecule has 0 aliphatic heterocycles. The van der Waals surface area contributed by atoms with Crippen molar-refractivity contribution in [3.8, 4) is 0 Å². The van der Waals surface area contributed by atoms with E-state index in [4.69, 9.17) is 5.21 Å². The Balaban J connectivity index is 2.80. The van der Waals surface area contributed by atoms with Gasteiger partial charge in [0.1, 0.15) is 6.04 Å². The highest BCUT2D eigenvalue weighted by molar-refractivity contribution is 5.83. The summed E-state index contributed by atoms with van der Waals surface area (Å²) in [5.74, 6) is -0.249. The zero-order chi connectivity index (χ0) is 12.2. The van der Waals surface area contributed by atoms with Crippen LogP contribution in [0, 0.1) is 0 Å². The molecule has 0 heterocycles. The lowest BCUT2D eigenvalue weighted by molar-refractivity contribution is -0.127. The Morgan fingerprint density at radius 1 is 1.25 bits per heavy atom. The average Bonchev–Trinajstić information content (AvgIpc) is 2.17. The van der Waals surface area contributed by atoms with Gasteiger partial charge in [0.25, 0.3) is 0 Å². The van der Waals surface area contributed by atoms with Crippen molar-refractivity contribution in [2.24, 2.45) is 0 Å². The van der Waals surface area contributed by atoms with E-state index < -0.39 is 6.04 Å². The van der Waals surface area contributed by atoms with Crippen LogP contribution in [0.4, 0.5) is 0 Å². The van der Waals surface area contributed by atoms with Crippen molar-refractivity contribution < 1.29 is 10.0 Å². The summed E-state index contributed by atoms with van der Waals surface area (Å²) in [5.41, 5.74) is 2.44. The second-order valence-corrected chi connectivity index (χ2v) is 4.71. The van der Waals surface area contributed by atoms with Crippen LogP contribution in [0.1, 0.15) is 32.4 Å². The van der Waals surface area contributed by atoms with Crippen molar-refractivity contribution in [3.63, 3.8) is 0 Å². The van der Waals surface area contributed by atoms with Gasteiger partial charge in [0.15, 0.2) is 0 Å². The summed E-state index contributed by atoms with van der Waals surface area (Å²) in [6.07, 6.45) is 0. The second-order valence-electron chi connectivity index (χ2n) is 4.71. The van der Waals surface area contributed by atoms with Crippen LogP contribution in [-0.2, 0) is 4.79 Å². The lowest BCUT2D eigenvalue weighted by Gasteiger charge is -2.24. The van der Waals surface area contributed by atoms with Gasteiger partial charge in [0.2, 0.25) is 5.91 Å². The third kappa shape index (κ3) is 3.64. The Kier molecular flexibility index (Phi) is 4.04. The van der Waals surface area contributed by atoms with Gasteiger partial charge in [-0.3, -0.25) is 4.79 Å². The van der Waals surface area contributed by atoms with E-state index >= 15 is 0 Å². The molecular formula is C12H18N2O2. The smallest absolute Gasteiger partial charge is 0.244 e. The van der Waals surface area contributed by atoms with E-state index in [0.29, 0.717) is 0 Å². The quantitative estimate of drug-likeness (QED) is 0.681. The van der Waals surface area contributed by atoms with Gasteiger partial charge in [-0.25, -0.2) is 0 Å². The van der Waals surface area contributed by atoms with E-state index in [1.165, 1.54) is 0 Å². The molecule has 1 atom stereocenters. The van der Waals surface area contributed by atoms with Gasteiger partial charge >= 0.3 is 0 Å². The molecule has 0 spiro atoms. The number of carbonyl (C=O) groups excluding carboxylic acids is 1. The third-order valence-electron chi connectivity index (χ3n) is 2.02. The van der Waals surface area contributed by atoms with Crippen LogP contribution < -0.4 is 10.8 Å². The molecule has 1 rings (SSSR count). The summed E-state index contributed by atoms with van der Waals surface area (Å²) >= 11 is 0. The van der Waals surface area contributed by atoms with E-state index in [9.17, 15) is 4.79 Å². The molecule has 0 saturated heterocycles. The standard InChI is InChI=1S/C12H18N2O2/c1-12(2,3)13-11(15)10(14-16)9-7-5-4-6-8-9/h4-8,10,14,16H,1-3H3,(H,13,15). The van der Waals surface area contributed by atoms with Crippen LogP contribution in [-0.4, -0.2) is 16.7 Å². The van der Waals surface area contributed by atoms with Gasteiger partial charge < -0.3 is 10.5 Å². The van der Waals surface area contributed by atoms with Crippen molar-refractivity contribution in [1.29, 1.82) is 0 Å². The molecule has 4 heteroatoms. The molecule has 0 aromatic heterocycles. The minimum absolute atomic E-state index is 0.249. The van der Waals surface area contributed by atoms with Crippen LogP contribution in [0.2, 0.25) is 0 Å². The molecule has 0 aliphatic carbocycles. The molecule has 0 aliphatic rings. The van der Waals surface area contributed by atoms with E-state index in [0.717, 1.165) is 5.56 Å². The fourth-order valence-electron chi connectivity index (χ4n) is 1.37. The number of hydroxylamine groups is 1. The fraction of sp³-hybridized carbons (Fsp3) is 0.417. The minimum atomic E-state index is -0.736. The Bertz CT molecular complexity index is 344. The third-order valence-corrected chi connectivity index (χ3v) is 2.02. The average molecular weight is 222 g/mol. The predicted octanol–water partition coefficient (Wildman–Crippen LogP) is 1.62. The molecule has 0 radical (unpaired) electrons. The van der Waals surface area contributed by atoms with E-state index in [1.54, 1.807) is 12.1 Å². The topological polar surface area (TPSA) is 61.4 Å². The molecule has 1 amide bonds. The number of rotatable bonds is 3. The van der Waals surface area contributed by atoms with Crippen LogP contribution in [0.15, 0.2) is 30.3 Å². The highest BCUT2D eigenvalue weighted by Gasteiger charge is 2.23. The molecule has 1 aromatic rings. The first-order chi connectivity index (χ1) is 7.44. The molecule has 0 fully saturated rings. The monoisotopic (exact) mass is 222 g/mol. The molecule has 4 nitrogen and oxygen atoms in total. The van der Waals surface area contributed by atoms with Gasteiger partial charge in [-0.2, -0.15) is 5.48 Å². The molecule has 0 bridgehead atoms. The number of carbonyl (C=O) groups is 1. The van der Waals surface area contributed by atoms with E-state index in [1.807, 2.05) is 44.5 Å². The fourth-order valence-corrected chi connectivity index (χ4v) is 1.37. The normalized spacial score (nSPS) is 13.2. The molecule has 88 valence electrons. The largest absolute Gasteiger partial charge is 0.350 e. The summed E-state index contributed by atoms with van der Waals surface area (Å²) in [6, 6.07) is 8.35. The Morgan fingerprint density at radius 3 is 2.25 bits per heavy atom. The first-order valence-electron chi connectivity index (χ1n) is 5.20. The zero-order valence-corrected chi connectivity index (χ0v) is 9.82. The zero-order valence-electron chi connectivity index (χ0n) is 9.82. The predicted molar refractivity (Wildman–Crippen MR) is 62.0 cm³/mol. The van der Waals surface area contributed by atoms with Gasteiger partial charge in [0, 0.05) is 5.54 Å². The van der Waals surface area contributed by atoms with Crippen LogP contribution in [0.5, 0.6) is 0 Å². The maximum absolute atomic E-state index is 11.9. The van der Waals surface area contributed by atoms with Crippen LogP contribution in [0.3, 0.4) is 0 Å². The van der Waals surface area contributed by atoms with Crippen LogP contribution >= 0.6 is 0 Å². The highest BCUT2D eigenvalue weighted by atomic mass is 16.5. The summed E-state index contributed by atoms with van der Waals surface area (Å²) in [4.78, 5) is 11.9. The molecule has 1 aromatic carbocycles. The molecule has 0 saturated carbocycles. The van der Waals surface area contributed by atoms with E-state index in [2.05, 4.69) is 5.32 Å². The number of hydrogen-bond acceptors (Lipinski definition) is 3. The van der Waals surface area contributed by atoms with Crippen molar-refractivity contribution in [2.75, 3.05) is 0 Å². The maximum Gasteiger partial charge on any atom is 0.244 e. The highest BCUT2D eigenvalue weighted by Crippen LogP contribution is 2.13. The first kappa shape index (κ1) is 12.7. The number of amides is 1. The minimum Gasteiger partial charge on any atom is -0.350 e. The summed E-state index contributed by atoms with van der Waals surface area (Å²) in [6.45, 7) is 5.68. The SMILES string of the molecule is CC(C)(C)NC(=O)C(NO)c1ccccc1. The summed E-state index contributed by atoms with van der Waals surface area (Å²) in [5, 5.41) is 11.8. The van der Waals surface area contributed by atoms with Gasteiger partial charge in [-0.05, 0) is 26.3 Å². The molecule has 1 unspecified atom stereocenters. The number of hydrogen-bond donors (Lipinski definition) is 3. The molecular weight excluding hydrogens is 204 g/mol. The Morgan fingerprint density at radius 2 is 1.81 bits per heavy atom. The molecule has 16 heavy (non-hydrogen) atoms. The van der Waals surface area contributed by atoms with Gasteiger partial charge in [-0.15, -0.1) is 0 Å². The summed E-state index contributed by atoms with van der Waals surface area (Å²) in [7, 11) is 0. The molecule has 3 N–H and O–H groups in total. The number of nitrogens with one attached hydrogen (secondary N) is 2. The first-order valence-corrected chi connectivity index (χ1v) is 5.20. The number of benzene rings is 1. The van der Waals surface area contributed by atoms with Crippen LogP contribution in [0.25, 0.3) is 0 Å². The van der Waals surface area contributed by atoms with Crippen molar-refractivity contribution in [3.05, 3.63) is 35.9 Å². The second kappa shape index (κ2) is 5.09. The Hall–Kier alpha value is -1.39.